The summed E-state index contributed by atoms with van der Waals surface area (Å²) in [6, 6.07) is 0.400. The van der Waals surface area contributed by atoms with Crippen LogP contribution in [0.1, 0.15) is 46.0 Å². The monoisotopic (exact) mass is 172 g/mol. The molecule has 0 amide bonds. The third-order valence-corrected chi connectivity index (χ3v) is 2.62. The van der Waals surface area contributed by atoms with Crippen LogP contribution in [0.15, 0.2) is 0 Å². The van der Waals surface area contributed by atoms with Gasteiger partial charge in [0.1, 0.15) is 0 Å². The van der Waals surface area contributed by atoms with Crippen LogP contribution in [0.5, 0.6) is 0 Å². The molecule has 0 fully saturated rings. The molecule has 0 aliphatic carbocycles. The second kappa shape index (κ2) is 7.56. The van der Waals surface area contributed by atoms with Gasteiger partial charge in [0, 0.05) is 6.04 Å². The van der Waals surface area contributed by atoms with Gasteiger partial charge in [-0.25, -0.2) is 0 Å². The number of rotatable bonds is 7. The lowest BCUT2D eigenvalue weighted by Crippen LogP contribution is -2.20. The van der Waals surface area contributed by atoms with E-state index in [9.17, 15) is 0 Å². The molecule has 0 saturated heterocycles. The van der Waals surface area contributed by atoms with E-state index in [0.717, 1.165) is 31.7 Å². The highest BCUT2D eigenvalue weighted by atomic mass is 14.6. The molecule has 0 rings (SSSR count). The van der Waals surface area contributed by atoms with Crippen molar-refractivity contribution >= 4 is 0 Å². The van der Waals surface area contributed by atoms with E-state index in [-0.39, 0.29) is 0 Å². The average Bonchev–Trinajstić information content (AvgIpc) is 2.11. The van der Waals surface area contributed by atoms with E-state index in [1.54, 1.807) is 0 Å². The Morgan fingerprint density at radius 2 is 1.67 bits per heavy atom. The van der Waals surface area contributed by atoms with Crippen molar-refractivity contribution in [2.75, 3.05) is 6.54 Å². The van der Waals surface area contributed by atoms with E-state index in [1.165, 1.54) is 12.8 Å². The summed E-state index contributed by atoms with van der Waals surface area (Å²) in [4.78, 5) is 0. The van der Waals surface area contributed by atoms with Crippen molar-refractivity contribution < 1.29 is 0 Å². The van der Waals surface area contributed by atoms with E-state index in [1.807, 2.05) is 0 Å². The molecular weight excluding hydrogens is 148 g/mol. The molecule has 0 spiro atoms. The van der Waals surface area contributed by atoms with Crippen LogP contribution >= 0.6 is 0 Å². The number of hydrogen-bond donors (Lipinski definition) is 2. The van der Waals surface area contributed by atoms with Crippen LogP contribution < -0.4 is 11.5 Å². The van der Waals surface area contributed by atoms with E-state index in [4.69, 9.17) is 11.5 Å². The minimum absolute atomic E-state index is 0.400. The highest BCUT2D eigenvalue weighted by molar-refractivity contribution is 4.64. The zero-order valence-corrected chi connectivity index (χ0v) is 8.55. The van der Waals surface area contributed by atoms with Gasteiger partial charge in [0.25, 0.3) is 0 Å². The summed E-state index contributed by atoms with van der Waals surface area (Å²) >= 11 is 0. The molecule has 2 atom stereocenters. The molecule has 12 heavy (non-hydrogen) atoms. The molecule has 2 heteroatoms. The van der Waals surface area contributed by atoms with Crippen LogP contribution in [0.4, 0.5) is 0 Å². The fourth-order valence-electron chi connectivity index (χ4n) is 1.44. The predicted octanol–water partition coefficient (Wildman–Crippen LogP) is 1.88. The van der Waals surface area contributed by atoms with Crippen molar-refractivity contribution in [3.8, 4) is 0 Å². The maximum atomic E-state index is 5.84. The molecule has 0 aromatic rings. The molecule has 0 saturated carbocycles. The molecule has 0 bridgehead atoms. The molecule has 0 aliphatic rings. The topological polar surface area (TPSA) is 52.0 Å². The van der Waals surface area contributed by atoms with Crippen molar-refractivity contribution in [1.82, 2.24) is 0 Å². The van der Waals surface area contributed by atoms with Crippen molar-refractivity contribution in [1.29, 1.82) is 0 Å². The zero-order valence-electron chi connectivity index (χ0n) is 8.55. The van der Waals surface area contributed by atoms with Gasteiger partial charge in [-0.15, -0.1) is 0 Å². The quantitative estimate of drug-likeness (QED) is 0.616. The lowest BCUT2D eigenvalue weighted by molar-refractivity contribution is 0.404. The van der Waals surface area contributed by atoms with Crippen LogP contribution in [0.2, 0.25) is 0 Å². The predicted molar refractivity (Wildman–Crippen MR) is 55.0 cm³/mol. The molecule has 0 heterocycles. The lowest BCUT2D eigenvalue weighted by atomic mass is 9.94. The molecule has 0 aliphatic heterocycles. The molecule has 74 valence electrons. The van der Waals surface area contributed by atoms with Crippen molar-refractivity contribution in [3.63, 3.8) is 0 Å². The minimum Gasteiger partial charge on any atom is -0.330 e. The second-order valence-corrected chi connectivity index (χ2v) is 3.60. The lowest BCUT2D eigenvalue weighted by Gasteiger charge is -2.15. The Morgan fingerprint density at radius 1 is 1.00 bits per heavy atom. The smallest absolute Gasteiger partial charge is 0.00363 e. The van der Waals surface area contributed by atoms with Gasteiger partial charge >= 0.3 is 0 Å². The third kappa shape index (κ3) is 5.56. The fourth-order valence-corrected chi connectivity index (χ4v) is 1.44. The van der Waals surface area contributed by atoms with Gasteiger partial charge in [-0.05, 0) is 38.1 Å². The first-order chi connectivity index (χ1) is 5.74. The van der Waals surface area contributed by atoms with Crippen molar-refractivity contribution in [2.45, 2.75) is 52.0 Å². The first-order valence-electron chi connectivity index (χ1n) is 5.20. The fraction of sp³-hybridized carbons (Fsp3) is 1.00. The van der Waals surface area contributed by atoms with Gasteiger partial charge < -0.3 is 11.5 Å². The first kappa shape index (κ1) is 11.9. The Balaban J connectivity index is 3.43. The summed E-state index contributed by atoms with van der Waals surface area (Å²) in [6.45, 7) is 5.20. The highest BCUT2D eigenvalue weighted by Crippen LogP contribution is 2.15. The molecule has 0 aromatic heterocycles. The summed E-state index contributed by atoms with van der Waals surface area (Å²) in [5, 5.41) is 0. The number of nitrogens with two attached hydrogens (primary N) is 2. The van der Waals surface area contributed by atoms with E-state index in [2.05, 4.69) is 13.8 Å². The summed E-state index contributed by atoms with van der Waals surface area (Å²) < 4.78 is 0. The van der Waals surface area contributed by atoms with Gasteiger partial charge in [0.2, 0.25) is 0 Å². The summed E-state index contributed by atoms with van der Waals surface area (Å²) in [6.07, 6.45) is 5.91. The first-order valence-corrected chi connectivity index (χ1v) is 5.20. The minimum atomic E-state index is 0.400. The van der Waals surface area contributed by atoms with Crippen LogP contribution in [0, 0.1) is 5.92 Å². The summed E-state index contributed by atoms with van der Waals surface area (Å²) in [5.41, 5.74) is 11.4. The molecular formula is C10H24N2. The summed E-state index contributed by atoms with van der Waals surface area (Å²) in [7, 11) is 0. The van der Waals surface area contributed by atoms with Crippen LogP contribution in [-0.2, 0) is 0 Å². The highest BCUT2D eigenvalue weighted by Gasteiger charge is 2.07. The van der Waals surface area contributed by atoms with E-state index >= 15 is 0 Å². The summed E-state index contributed by atoms with van der Waals surface area (Å²) in [5.74, 6) is 0.799. The van der Waals surface area contributed by atoms with Gasteiger partial charge in [0.15, 0.2) is 0 Å². The van der Waals surface area contributed by atoms with Crippen LogP contribution in [0.3, 0.4) is 0 Å². The van der Waals surface area contributed by atoms with Gasteiger partial charge in [0.05, 0.1) is 0 Å². The Bertz CT molecular complexity index is 93.8. The largest absolute Gasteiger partial charge is 0.330 e. The van der Waals surface area contributed by atoms with E-state index in [0.29, 0.717) is 6.04 Å². The van der Waals surface area contributed by atoms with Gasteiger partial charge in [-0.3, -0.25) is 0 Å². The van der Waals surface area contributed by atoms with Crippen LogP contribution in [0.25, 0.3) is 0 Å². The molecule has 2 nitrogen and oxygen atoms in total. The van der Waals surface area contributed by atoms with Crippen molar-refractivity contribution in [2.24, 2.45) is 17.4 Å². The Labute approximate surface area is 76.7 Å². The molecule has 0 radical (unpaired) electrons. The number of hydrogen-bond acceptors (Lipinski definition) is 2. The maximum absolute atomic E-state index is 5.84. The molecule has 4 N–H and O–H groups in total. The standard InChI is InChI=1S/C10H24N2/c1-3-9(7-8-11)5-6-10(12)4-2/h9-10H,3-8,11-12H2,1-2H3. The SMILES string of the molecule is CCC(N)CCC(CC)CCN. The molecule has 0 aromatic carbocycles. The normalized spacial score (nSPS) is 16.0. The van der Waals surface area contributed by atoms with Crippen LogP contribution in [-0.4, -0.2) is 12.6 Å². The van der Waals surface area contributed by atoms with E-state index < -0.39 is 0 Å². The van der Waals surface area contributed by atoms with Gasteiger partial charge in [-0.2, -0.15) is 0 Å². The molecule has 2 unspecified atom stereocenters. The Hall–Kier alpha value is -0.0800. The van der Waals surface area contributed by atoms with Crippen molar-refractivity contribution in [3.05, 3.63) is 0 Å². The Kier molecular flexibility index (Phi) is 7.51. The zero-order chi connectivity index (χ0) is 9.40. The van der Waals surface area contributed by atoms with Gasteiger partial charge in [-0.1, -0.05) is 20.3 Å². The average molecular weight is 172 g/mol. The second-order valence-electron chi connectivity index (χ2n) is 3.60. The maximum Gasteiger partial charge on any atom is 0.00363 e. The third-order valence-electron chi connectivity index (χ3n) is 2.62. The Morgan fingerprint density at radius 3 is 2.08 bits per heavy atom.